The van der Waals surface area contributed by atoms with Crippen molar-refractivity contribution in [1.82, 2.24) is 0 Å². The third-order valence-corrected chi connectivity index (χ3v) is 5.45. The number of benzene rings is 3. The van der Waals surface area contributed by atoms with Gasteiger partial charge < -0.3 is 14.2 Å². The third kappa shape index (κ3) is 5.13. The fraction of sp³-hybridized carbons (Fsp3) is 0.308. The second-order valence-corrected chi connectivity index (χ2v) is 7.71. The lowest BCUT2D eigenvalue weighted by atomic mass is 10.0. The maximum atomic E-state index is 13.8. The first kappa shape index (κ1) is 22.3. The summed E-state index contributed by atoms with van der Waals surface area (Å²) in [6, 6.07) is 13.2. The van der Waals surface area contributed by atoms with Crippen molar-refractivity contribution >= 4 is 10.8 Å². The molecule has 0 saturated carbocycles. The smallest absolute Gasteiger partial charge is 0.195 e. The largest absolute Gasteiger partial charge is 0.385 e. The van der Waals surface area contributed by atoms with Gasteiger partial charge in [0.25, 0.3) is 0 Å². The van der Waals surface area contributed by atoms with E-state index in [1.165, 1.54) is 6.07 Å². The summed E-state index contributed by atoms with van der Waals surface area (Å²) in [5.74, 6) is 2.14. The normalized spacial score (nSPS) is 18.4. The molecule has 0 aliphatic carbocycles. The van der Waals surface area contributed by atoms with Crippen molar-refractivity contribution in [3.8, 4) is 11.8 Å². The van der Waals surface area contributed by atoms with E-state index >= 15 is 0 Å². The van der Waals surface area contributed by atoms with E-state index in [-0.39, 0.29) is 23.0 Å². The summed E-state index contributed by atoms with van der Waals surface area (Å²) in [5, 5.41) is 0.285. The number of hydrogen-bond acceptors (Lipinski definition) is 3. The molecule has 1 aliphatic rings. The highest BCUT2D eigenvalue weighted by Crippen LogP contribution is 2.25. The van der Waals surface area contributed by atoms with Crippen LogP contribution in [0.1, 0.15) is 35.6 Å². The predicted octanol–water partition coefficient (Wildman–Crippen LogP) is 5.54. The molecular weight excluding hydrogens is 417 g/mol. The van der Waals surface area contributed by atoms with Crippen LogP contribution in [0.15, 0.2) is 48.5 Å². The van der Waals surface area contributed by atoms with Crippen LogP contribution in [0.2, 0.25) is 0 Å². The summed E-state index contributed by atoms with van der Waals surface area (Å²) < 4.78 is 57.6. The highest BCUT2D eigenvalue weighted by atomic mass is 19.2. The maximum absolute atomic E-state index is 13.8. The Morgan fingerprint density at radius 2 is 1.66 bits per heavy atom. The molecule has 166 valence electrons. The molecule has 0 bridgehead atoms. The number of methoxy groups -OCH3 is 1. The molecule has 0 radical (unpaired) electrons. The first-order valence-electron chi connectivity index (χ1n) is 10.5. The van der Waals surface area contributed by atoms with E-state index in [0.717, 1.165) is 36.6 Å². The summed E-state index contributed by atoms with van der Waals surface area (Å²) in [4.78, 5) is 0. The van der Waals surface area contributed by atoms with Gasteiger partial charge >= 0.3 is 0 Å². The molecule has 0 aromatic heterocycles. The molecule has 2 atom stereocenters. The van der Waals surface area contributed by atoms with Gasteiger partial charge in [-0.2, -0.15) is 0 Å². The van der Waals surface area contributed by atoms with Gasteiger partial charge in [-0.25, -0.2) is 13.2 Å². The van der Waals surface area contributed by atoms with Crippen LogP contribution in [-0.4, -0.2) is 33.0 Å². The Labute approximate surface area is 185 Å². The van der Waals surface area contributed by atoms with Crippen LogP contribution in [0.3, 0.4) is 0 Å². The molecular formula is C26H23F3O3. The van der Waals surface area contributed by atoms with Crippen molar-refractivity contribution < 1.29 is 27.4 Å². The van der Waals surface area contributed by atoms with Gasteiger partial charge in [-0.1, -0.05) is 30.0 Å². The van der Waals surface area contributed by atoms with Crippen LogP contribution < -0.4 is 0 Å². The van der Waals surface area contributed by atoms with Crippen LogP contribution in [0, 0.1) is 29.3 Å². The molecule has 1 saturated heterocycles. The summed E-state index contributed by atoms with van der Waals surface area (Å²) in [6.45, 7) is 1.79. The molecule has 3 aromatic carbocycles. The molecule has 1 aliphatic heterocycles. The first-order chi connectivity index (χ1) is 15.5. The molecule has 3 aromatic rings. The molecule has 0 amide bonds. The van der Waals surface area contributed by atoms with Crippen LogP contribution >= 0.6 is 0 Å². The van der Waals surface area contributed by atoms with Crippen LogP contribution in [0.4, 0.5) is 13.2 Å². The Morgan fingerprint density at radius 3 is 2.38 bits per heavy atom. The lowest BCUT2D eigenvalue weighted by Crippen LogP contribution is -2.31. The van der Waals surface area contributed by atoms with Crippen molar-refractivity contribution in [3.63, 3.8) is 0 Å². The Morgan fingerprint density at radius 1 is 0.906 bits per heavy atom. The second kappa shape index (κ2) is 10.2. The van der Waals surface area contributed by atoms with E-state index in [1.807, 2.05) is 24.3 Å². The molecule has 1 heterocycles. The molecule has 3 nitrogen and oxygen atoms in total. The van der Waals surface area contributed by atoms with Crippen molar-refractivity contribution in [2.24, 2.45) is 0 Å². The molecule has 0 spiro atoms. The molecule has 6 heteroatoms. The van der Waals surface area contributed by atoms with Gasteiger partial charge in [0.15, 0.2) is 17.5 Å². The van der Waals surface area contributed by atoms with E-state index in [2.05, 4.69) is 11.8 Å². The number of hydrogen-bond donors (Lipinski definition) is 0. The van der Waals surface area contributed by atoms with Gasteiger partial charge in [-0.05, 0) is 54.1 Å². The highest BCUT2D eigenvalue weighted by Gasteiger charge is 2.23. The lowest BCUT2D eigenvalue weighted by molar-refractivity contribution is -0.138. The van der Waals surface area contributed by atoms with E-state index in [1.54, 1.807) is 19.2 Å². The molecule has 0 unspecified atom stereocenters. The average molecular weight is 440 g/mol. The van der Waals surface area contributed by atoms with Crippen molar-refractivity contribution in [1.29, 1.82) is 0 Å². The van der Waals surface area contributed by atoms with Crippen molar-refractivity contribution in [3.05, 3.63) is 82.7 Å². The first-order valence-corrected chi connectivity index (χ1v) is 10.5. The maximum Gasteiger partial charge on any atom is 0.195 e. The number of ether oxygens (including phenoxy) is 3. The summed E-state index contributed by atoms with van der Waals surface area (Å²) in [6.07, 6.45) is 1.85. The fourth-order valence-corrected chi connectivity index (χ4v) is 3.67. The monoisotopic (exact) mass is 440 g/mol. The summed E-state index contributed by atoms with van der Waals surface area (Å²) in [7, 11) is 1.69. The lowest BCUT2D eigenvalue weighted by Gasteiger charge is -2.29. The summed E-state index contributed by atoms with van der Waals surface area (Å²) in [5.41, 5.74) is 2.39. The third-order valence-electron chi connectivity index (χ3n) is 5.45. The quantitative estimate of drug-likeness (QED) is 0.296. The van der Waals surface area contributed by atoms with Crippen molar-refractivity contribution in [2.45, 2.75) is 25.0 Å². The van der Waals surface area contributed by atoms with Gasteiger partial charge in [0.2, 0.25) is 0 Å². The van der Waals surface area contributed by atoms with Gasteiger partial charge in [-0.3, -0.25) is 0 Å². The predicted molar refractivity (Wildman–Crippen MR) is 116 cm³/mol. The number of rotatable bonds is 5. The highest BCUT2D eigenvalue weighted by molar-refractivity contribution is 5.84. The van der Waals surface area contributed by atoms with E-state index in [4.69, 9.17) is 14.2 Å². The van der Waals surface area contributed by atoms with E-state index < -0.39 is 17.5 Å². The standard InChI is InChI=1S/C26H23F3O3/c1-30-12-2-3-21-15-32-24(16-31-21)19-9-6-17(7-10-19)4-5-18-8-11-22-20(13-18)14-23(27)26(29)25(22)28/h6-11,13-14,21,24H,2-3,12,15-16H2,1H3/t21-,24-/m1/s1. The summed E-state index contributed by atoms with van der Waals surface area (Å²) >= 11 is 0. The number of halogens is 3. The average Bonchev–Trinajstić information content (AvgIpc) is 2.82. The van der Waals surface area contributed by atoms with Gasteiger partial charge in [0.1, 0.15) is 6.10 Å². The topological polar surface area (TPSA) is 27.7 Å². The van der Waals surface area contributed by atoms with Crippen LogP contribution in [0.25, 0.3) is 10.8 Å². The van der Waals surface area contributed by atoms with E-state index in [9.17, 15) is 13.2 Å². The Hall–Kier alpha value is -2.85. The minimum absolute atomic E-state index is 0.0226. The van der Waals surface area contributed by atoms with E-state index in [0.29, 0.717) is 18.8 Å². The minimum atomic E-state index is -1.47. The molecule has 0 N–H and O–H groups in total. The number of fused-ring (bicyclic) bond motifs is 1. The fourth-order valence-electron chi connectivity index (χ4n) is 3.67. The van der Waals surface area contributed by atoms with Gasteiger partial charge in [0.05, 0.1) is 19.3 Å². The molecule has 1 fully saturated rings. The Kier molecular flexibility index (Phi) is 7.11. The Bertz CT molecular complexity index is 1140. The minimum Gasteiger partial charge on any atom is -0.385 e. The van der Waals surface area contributed by atoms with Crippen LogP contribution in [0.5, 0.6) is 0 Å². The van der Waals surface area contributed by atoms with Crippen molar-refractivity contribution in [2.75, 3.05) is 26.9 Å². The van der Waals surface area contributed by atoms with Crippen LogP contribution in [-0.2, 0) is 14.2 Å². The Balaban J connectivity index is 1.40. The molecule has 32 heavy (non-hydrogen) atoms. The van der Waals surface area contributed by atoms with Gasteiger partial charge in [-0.15, -0.1) is 0 Å². The zero-order valence-electron chi connectivity index (χ0n) is 17.7. The second-order valence-electron chi connectivity index (χ2n) is 7.71. The zero-order valence-corrected chi connectivity index (χ0v) is 17.7. The zero-order chi connectivity index (χ0) is 22.5. The molecule has 4 rings (SSSR count). The SMILES string of the molecule is COCCC[C@@H]1CO[C@@H](c2ccc(C#Cc3ccc4c(F)c(F)c(F)cc4c3)cc2)CO1. The van der Waals surface area contributed by atoms with Gasteiger partial charge in [0, 0.05) is 30.2 Å².